The summed E-state index contributed by atoms with van der Waals surface area (Å²) in [7, 11) is 1.65. The van der Waals surface area contributed by atoms with Gasteiger partial charge in [-0.15, -0.1) is 11.3 Å². The first-order chi connectivity index (χ1) is 15.1. The molecular weight excluding hydrogens is 410 g/mol. The van der Waals surface area contributed by atoms with E-state index in [1.54, 1.807) is 18.4 Å². The minimum absolute atomic E-state index is 0.0517. The van der Waals surface area contributed by atoms with E-state index in [0.29, 0.717) is 18.7 Å². The summed E-state index contributed by atoms with van der Waals surface area (Å²) in [6.07, 6.45) is 7.13. The van der Waals surface area contributed by atoms with Gasteiger partial charge < -0.3 is 14.6 Å². The largest absolute Gasteiger partial charge is 0.497 e. The first kappa shape index (κ1) is 20.2. The van der Waals surface area contributed by atoms with Crippen LogP contribution in [0.4, 0.5) is 0 Å². The molecule has 0 bridgehead atoms. The number of likely N-dealkylation sites (tertiary alicyclic amines) is 1. The lowest BCUT2D eigenvalue weighted by Gasteiger charge is -2.25. The van der Waals surface area contributed by atoms with Crippen molar-refractivity contribution >= 4 is 27.5 Å². The third-order valence-electron chi connectivity index (χ3n) is 6.52. The summed E-state index contributed by atoms with van der Waals surface area (Å²) in [5, 5.41) is 0.772. The number of nitrogens with one attached hydrogen (secondary N) is 1. The average molecular weight is 438 g/mol. The Bertz CT molecular complexity index is 1170. The molecule has 6 nitrogen and oxygen atoms in total. The molecule has 1 fully saturated rings. The molecule has 1 N–H and O–H groups in total. The van der Waals surface area contributed by atoms with E-state index >= 15 is 0 Å². The van der Waals surface area contributed by atoms with E-state index in [9.17, 15) is 9.59 Å². The second kappa shape index (κ2) is 8.46. The monoisotopic (exact) mass is 437 g/mol. The molecule has 3 aromatic rings. The molecule has 2 aliphatic rings. The second-order valence-electron chi connectivity index (χ2n) is 8.42. The summed E-state index contributed by atoms with van der Waals surface area (Å²) < 4.78 is 5.24. The minimum atomic E-state index is -0.0517. The highest BCUT2D eigenvalue weighted by molar-refractivity contribution is 7.18. The van der Waals surface area contributed by atoms with E-state index < -0.39 is 0 Å². The maximum absolute atomic E-state index is 13.0. The van der Waals surface area contributed by atoms with Crippen LogP contribution in [-0.2, 0) is 24.1 Å². The van der Waals surface area contributed by atoms with Gasteiger partial charge in [-0.1, -0.05) is 12.1 Å². The van der Waals surface area contributed by atoms with Crippen molar-refractivity contribution in [3.8, 4) is 5.75 Å². The van der Waals surface area contributed by atoms with Gasteiger partial charge in [0.2, 0.25) is 5.91 Å². The van der Waals surface area contributed by atoms with Crippen LogP contribution in [0.1, 0.15) is 60.0 Å². The van der Waals surface area contributed by atoms with Gasteiger partial charge >= 0.3 is 0 Å². The van der Waals surface area contributed by atoms with Crippen LogP contribution in [0.2, 0.25) is 0 Å². The van der Waals surface area contributed by atoms with Gasteiger partial charge in [0, 0.05) is 24.3 Å². The van der Waals surface area contributed by atoms with E-state index in [1.807, 2.05) is 29.2 Å². The smallest absolute Gasteiger partial charge is 0.259 e. The number of ether oxygens (including phenoxy) is 1. The maximum atomic E-state index is 13.0. The lowest BCUT2D eigenvalue weighted by molar-refractivity contribution is -0.132. The van der Waals surface area contributed by atoms with Gasteiger partial charge in [-0.25, -0.2) is 4.98 Å². The van der Waals surface area contributed by atoms with Crippen LogP contribution in [0.5, 0.6) is 5.75 Å². The lowest BCUT2D eigenvalue weighted by Crippen LogP contribution is -2.31. The average Bonchev–Trinajstić information content (AvgIpc) is 3.42. The predicted molar refractivity (Wildman–Crippen MR) is 122 cm³/mol. The Kier molecular flexibility index (Phi) is 5.52. The number of benzene rings is 1. The van der Waals surface area contributed by atoms with Gasteiger partial charge in [0.25, 0.3) is 5.56 Å². The third kappa shape index (κ3) is 3.87. The van der Waals surface area contributed by atoms with Crippen LogP contribution < -0.4 is 10.3 Å². The van der Waals surface area contributed by atoms with Crippen molar-refractivity contribution in [3.05, 3.63) is 56.4 Å². The molecule has 162 valence electrons. The number of carbonyl (C=O) groups is 1. The fraction of sp³-hybridized carbons (Fsp3) is 0.458. The van der Waals surface area contributed by atoms with Crippen LogP contribution in [0.3, 0.4) is 0 Å². The van der Waals surface area contributed by atoms with Crippen molar-refractivity contribution in [2.45, 2.75) is 57.4 Å². The molecule has 0 radical (unpaired) electrons. The topological polar surface area (TPSA) is 75.3 Å². The summed E-state index contributed by atoms with van der Waals surface area (Å²) in [6, 6.07) is 8.08. The summed E-state index contributed by atoms with van der Waals surface area (Å²) in [6.45, 7) is 0.774. The molecule has 1 amide bonds. The van der Waals surface area contributed by atoms with E-state index in [0.717, 1.165) is 60.2 Å². The first-order valence-electron chi connectivity index (χ1n) is 11.1. The number of hydrogen-bond donors (Lipinski definition) is 1. The van der Waals surface area contributed by atoms with E-state index in [-0.39, 0.29) is 17.5 Å². The number of aryl methyl sites for hydroxylation is 3. The standard InChI is InChI=1S/C24H27N3O3S/c1-30-16-10-8-15(9-11-16)18-6-4-14-27(18)21(28)13-12-20-25-23(29)22-17-5-2-3-7-19(17)31-24(22)26-20/h8-11,18H,2-7,12-14H2,1H3,(H,25,26,29)/t18-/m1/s1. The molecule has 0 spiro atoms. The summed E-state index contributed by atoms with van der Waals surface area (Å²) >= 11 is 1.65. The number of nitrogens with zero attached hydrogens (tertiary/aromatic N) is 2. The Hall–Kier alpha value is -2.67. The van der Waals surface area contributed by atoms with Crippen LogP contribution in [0.25, 0.3) is 10.2 Å². The van der Waals surface area contributed by atoms with Crippen molar-refractivity contribution in [3.63, 3.8) is 0 Å². The molecule has 1 aliphatic carbocycles. The zero-order valence-corrected chi connectivity index (χ0v) is 18.6. The van der Waals surface area contributed by atoms with Gasteiger partial charge in [0.15, 0.2) is 0 Å². The van der Waals surface area contributed by atoms with Crippen LogP contribution >= 0.6 is 11.3 Å². The van der Waals surface area contributed by atoms with Crippen molar-refractivity contribution in [1.82, 2.24) is 14.9 Å². The molecule has 1 atom stereocenters. The Balaban J connectivity index is 1.30. The molecule has 2 aromatic heterocycles. The fourth-order valence-corrected chi connectivity index (χ4v) is 6.21. The number of aromatic nitrogens is 2. The number of rotatable bonds is 5. The normalized spacial score (nSPS) is 18.4. The van der Waals surface area contributed by atoms with Crippen molar-refractivity contribution < 1.29 is 9.53 Å². The Morgan fingerprint density at radius 3 is 2.84 bits per heavy atom. The van der Waals surface area contributed by atoms with Crippen molar-refractivity contribution in [2.24, 2.45) is 0 Å². The molecule has 3 heterocycles. The number of hydrogen-bond acceptors (Lipinski definition) is 5. The second-order valence-corrected chi connectivity index (χ2v) is 9.51. The molecule has 1 saturated heterocycles. The fourth-order valence-electron chi connectivity index (χ4n) is 4.93. The first-order valence-corrected chi connectivity index (χ1v) is 11.9. The van der Waals surface area contributed by atoms with Crippen molar-refractivity contribution in [2.75, 3.05) is 13.7 Å². The summed E-state index contributed by atoms with van der Waals surface area (Å²) in [5.41, 5.74) is 2.29. The number of carbonyl (C=O) groups excluding carboxylic acids is 1. The molecule has 0 unspecified atom stereocenters. The number of aromatic amines is 1. The highest BCUT2D eigenvalue weighted by Gasteiger charge is 2.29. The predicted octanol–water partition coefficient (Wildman–Crippen LogP) is 4.17. The SMILES string of the molecule is COc1ccc([C@H]2CCCN2C(=O)CCc2nc3sc4c(c3c(=O)[nH]2)CCCC4)cc1. The van der Waals surface area contributed by atoms with Crippen LogP contribution in [0, 0.1) is 0 Å². The molecule has 0 saturated carbocycles. The number of amides is 1. The highest BCUT2D eigenvalue weighted by Crippen LogP contribution is 2.34. The molecule has 5 rings (SSSR count). The molecule has 7 heteroatoms. The van der Waals surface area contributed by atoms with Gasteiger partial charge in [-0.2, -0.15) is 0 Å². The minimum Gasteiger partial charge on any atom is -0.497 e. The van der Waals surface area contributed by atoms with Crippen LogP contribution in [-0.4, -0.2) is 34.4 Å². The molecule has 1 aromatic carbocycles. The lowest BCUT2D eigenvalue weighted by atomic mass is 9.97. The summed E-state index contributed by atoms with van der Waals surface area (Å²) in [4.78, 5) is 37.5. The Labute approximate surface area is 185 Å². The Morgan fingerprint density at radius 2 is 2.03 bits per heavy atom. The van der Waals surface area contributed by atoms with E-state index in [4.69, 9.17) is 9.72 Å². The summed E-state index contributed by atoms with van der Waals surface area (Å²) in [5.74, 6) is 1.55. The van der Waals surface area contributed by atoms with Crippen LogP contribution in [0.15, 0.2) is 29.1 Å². The molecular formula is C24H27N3O3S. The van der Waals surface area contributed by atoms with Gasteiger partial charge in [0.05, 0.1) is 18.5 Å². The molecule has 1 aliphatic heterocycles. The van der Waals surface area contributed by atoms with Gasteiger partial charge in [0.1, 0.15) is 16.4 Å². The van der Waals surface area contributed by atoms with Gasteiger partial charge in [-0.3, -0.25) is 9.59 Å². The molecule has 31 heavy (non-hydrogen) atoms. The van der Waals surface area contributed by atoms with Crippen molar-refractivity contribution in [1.29, 1.82) is 0 Å². The van der Waals surface area contributed by atoms with E-state index in [1.165, 1.54) is 16.9 Å². The zero-order valence-electron chi connectivity index (χ0n) is 17.8. The zero-order chi connectivity index (χ0) is 21.4. The number of H-pyrrole nitrogens is 1. The Morgan fingerprint density at radius 1 is 1.23 bits per heavy atom. The maximum Gasteiger partial charge on any atom is 0.259 e. The van der Waals surface area contributed by atoms with E-state index in [2.05, 4.69) is 4.98 Å². The highest BCUT2D eigenvalue weighted by atomic mass is 32.1. The third-order valence-corrected chi connectivity index (χ3v) is 7.71. The number of fused-ring (bicyclic) bond motifs is 3. The van der Waals surface area contributed by atoms with Gasteiger partial charge in [-0.05, 0) is 61.8 Å². The quantitative estimate of drug-likeness (QED) is 0.650. The number of thiophene rings is 1. The number of methoxy groups -OCH3 is 1.